The summed E-state index contributed by atoms with van der Waals surface area (Å²) in [6, 6.07) is 16.5. The fourth-order valence-electron chi connectivity index (χ4n) is 5.39. The van der Waals surface area contributed by atoms with E-state index in [1.54, 1.807) is 25.5 Å². The van der Waals surface area contributed by atoms with Gasteiger partial charge in [-0.25, -0.2) is 42.3 Å². The summed E-state index contributed by atoms with van der Waals surface area (Å²) in [6.07, 6.45) is 3.45. The van der Waals surface area contributed by atoms with Gasteiger partial charge in [0.1, 0.15) is 39.8 Å². The molecule has 55 heavy (non-hydrogen) atoms. The van der Waals surface area contributed by atoms with Crippen molar-refractivity contribution in [3.8, 4) is 22.6 Å². The summed E-state index contributed by atoms with van der Waals surface area (Å²) in [4.78, 5) is 53.4. The number of hydrogen-bond acceptors (Lipinski definition) is 9. The molecule has 0 amide bonds. The van der Waals surface area contributed by atoms with E-state index in [9.17, 15) is 37.1 Å². The zero-order chi connectivity index (χ0) is 40.1. The van der Waals surface area contributed by atoms with Gasteiger partial charge in [-0.3, -0.25) is 18.7 Å². The summed E-state index contributed by atoms with van der Waals surface area (Å²) >= 11 is 8.46. The number of rotatable bonds is 6. The largest absolute Gasteiger partial charge is 0.478 e. The van der Waals surface area contributed by atoms with Gasteiger partial charge in [0.25, 0.3) is 11.1 Å². The molecule has 0 fully saturated rings. The van der Waals surface area contributed by atoms with Crippen LogP contribution in [-0.2, 0) is 0 Å². The Kier molecular flexibility index (Phi) is 12.7. The van der Waals surface area contributed by atoms with Crippen molar-refractivity contribution < 1.29 is 27.5 Å². The number of carbonyl (C=O) groups is 1. The third kappa shape index (κ3) is 8.11. The first kappa shape index (κ1) is 40.6. The Labute approximate surface area is 323 Å². The highest BCUT2D eigenvalue weighted by Gasteiger charge is 2.21. The van der Waals surface area contributed by atoms with Crippen LogP contribution in [0.3, 0.4) is 0 Å². The quantitative estimate of drug-likeness (QED) is 0.0752. The maximum absolute atomic E-state index is 14.5. The van der Waals surface area contributed by atoms with Crippen molar-refractivity contribution in [2.75, 3.05) is 12.5 Å². The lowest BCUT2D eigenvalue weighted by molar-refractivity contribution is 0.0697. The molecular formula is C38H29ClF4N6O4S2. The lowest BCUT2D eigenvalue weighted by atomic mass is 10.00. The van der Waals surface area contributed by atoms with Crippen molar-refractivity contribution in [1.29, 1.82) is 0 Å². The fourth-order valence-corrected chi connectivity index (χ4v) is 6.39. The molecule has 4 aromatic heterocycles. The van der Waals surface area contributed by atoms with Gasteiger partial charge in [0, 0.05) is 23.1 Å². The summed E-state index contributed by atoms with van der Waals surface area (Å²) in [6.45, 7) is 5.79. The monoisotopic (exact) mass is 808 g/mol. The highest BCUT2D eigenvalue weighted by atomic mass is 35.5. The molecule has 17 heteroatoms. The number of aromatic nitrogens is 6. The maximum Gasteiger partial charge on any atom is 0.335 e. The molecule has 0 aliphatic rings. The lowest BCUT2D eigenvalue weighted by Crippen LogP contribution is -2.21. The SMILES string of the molecule is CC.CSc1nc(-c2cc(C(=O)O)ccc2C)c2ccc(=O)n(-c3c(F)cccc3F)c2n1.CSc1nc(Cl)c2ccc(=O)n(-c3c(F)cccc3F)c2n1. The molecule has 0 radical (unpaired) electrons. The number of benzene rings is 3. The molecule has 0 saturated carbocycles. The normalized spacial score (nSPS) is 10.8. The number of carboxylic acids is 1. The van der Waals surface area contributed by atoms with E-state index in [4.69, 9.17) is 11.6 Å². The standard InChI is InChI=1S/C22H15F2N3O3S.C14H8ClF2N3OS.C2H6/c1-11-6-7-12(21(29)30)10-14(11)18-13-8-9-17(28)27(20(13)26-22(25-18)31-2)19-15(23)4-3-5-16(19)24;1-22-14-18-12(15)7-5-6-10(21)20(13(7)19-14)11-8(16)3-2-4-9(11)17;1-2/h3-10H,1-2H3,(H,29,30);2-6H,1H3;1-2H3. The van der Waals surface area contributed by atoms with E-state index in [2.05, 4.69) is 19.9 Å². The Balaban J connectivity index is 0.000000213. The van der Waals surface area contributed by atoms with Gasteiger partial charge in [-0.1, -0.05) is 67.2 Å². The van der Waals surface area contributed by atoms with E-state index in [1.165, 1.54) is 72.1 Å². The van der Waals surface area contributed by atoms with Crippen LogP contribution in [0.1, 0.15) is 29.8 Å². The van der Waals surface area contributed by atoms with Crippen molar-refractivity contribution in [2.45, 2.75) is 31.1 Å². The molecular weight excluding hydrogens is 780 g/mol. The van der Waals surface area contributed by atoms with Crippen molar-refractivity contribution in [1.82, 2.24) is 29.1 Å². The number of hydrogen-bond donors (Lipinski definition) is 1. The molecule has 7 rings (SSSR count). The molecule has 0 bridgehead atoms. The summed E-state index contributed by atoms with van der Waals surface area (Å²) in [7, 11) is 0. The minimum Gasteiger partial charge on any atom is -0.478 e. The first-order valence-corrected chi connectivity index (χ1v) is 19.0. The number of para-hydroxylation sites is 2. The number of thioether (sulfide) groups is 2. The number of halogens is 5. The van der Waals surface area contributed by atoms with Crippen LogP contribution in [0.4, 0.5) is 17.6 Å². The highest BCUT2D eigenvalue weighted by Crippen LogP contribution is 2.32. The van der Waals surface area contributed by atoms with Crippen LogP contribution in [0.5, 0.6) is 0 Å². The topological polar surface area (TPSA) is 133 Å². The van der Waals surface area contributed by atoms with Gasteiger partial charge in [-0.05, 0) is 73.5 Å². The zero-order valence-corrected chi connectivity index (χ0v) is 32.0. The van der Waals surface area contributed by atoms with Crippen LogP contribution >= 0.6 is 35.1 Å². The molecule has 3 aromatic carbocycles. The third-order valence-corrected chi connectivity index (χ3v) is 9.22. The Morgan fingerprint density at radius 1 is 0.673 bits per heavy atom. The number of carboxylic acid groups (broad SMARTS) is 1. The first-order chi connectivity index (χ1) is 26.3. The molecule has 7 aromatic rings. The third-order valence-electron chi connectivity index (χ3n) is 7.84. The van der Waals surface area contributed by atoms with E-state index in [1.807, 2.05) is 13.8 Å². The van der Waals surface area contributed by atoms with E-state index in [0.29, 0.717) is 27.2 Å². The van der Waals surface area contributed by atoms with Crippen LogP contribution < -0.4 is 11.1 Å². The van der Waals surface area contributed by atoms with Crippen LogP contribution in [-0.4, -0.2) is 52.7 Å². The van der Waals surface area contributed by atoms with Gasteiger partial charge in [-0.2, -0.15) is 0 Å². The Morgan fingerprint density at radius 3 is 1.60 bits per heavy atom. The number of pyridine rings is 2. The summed E-state index contributed by atoms with van der Waals surface area (Å²) in [5, 5.41) is 10.7. The van der Waals surface area contributed by atoms with Crippen LogP contribution in [0.25, 0.3) is 44.7 Å². The molecule has 282 valence electrons. The van der Waals surface area contributed by atoms with Gasteiger partial charge in [-0.15, -0.1) is 0 Å². The van der Waals surface area contributed by atoms with E-state index < -0.39 is 51.7 Å². The van der Waals surface area contributed by atoms with Crippen molar-refractivity contribution in [3.05, 3.63) is 139 Å². The minimum absolute atomic E-state index is 0.0194. The molecule has 1 N–H and O–H groups in total. The zero-order valence-electron chi connectivity index (χ0n) is 29.6. The molecule has 0 atom stereocenters. The smallest absolute Gasteiger partial charge is 0.335 e. The van der Waals surface area contributed by atoms with Gasteiger partial charge in [0.05, 0.1) is 16.6 Å². The van der Waals surface area contributed by atoms with Crippen molar-refractivity contribution in [2.24, 2.45) is 0 Å². The summed E-state index contributed by atoms with van der Waals surface area (Å²) in [5.41, 5.74) is -0.541. The van der Waals surface area contributed by atoms with E-state index >= 15 is 0 Å². The average molecular weight is 809 g/mol. The molecule has 0 aliphatic heterocycles. The Bertz CT molecular complexity index is 2690. The van der Waals surface area contributed by atoms with Gasteiger partial charge < -0.3 is 5.11 Å². The van der Waals surface area contributed by atoms with Gasteiger partial charge in [0.2, 0.25) is 0 Å². The van der Waals surface area contributed by atoms with Crippen molar-refractivity contribution in [3.63, 3.8) is 0 Å². The highest BCUT2D eigenvalue weighted by molar-refractivity contribution is 7.98. The molecule has 0 saturated heterocycles. The number of fused-ring (bicyclic) bond motifs is 2. The Morgan fingerprint density at radius 2 is 1.13 bits per heavy atom. The van der Waals surface area contributed by atoms with Gasteiger partial charge >= 0.3 is 5.97 Å². The summed E-state index contributed by atoms with van der Waals surface area (Å²) in [5.74, 6) is -4.66. The molecule has 0 spiro atoms. The number of nitrogens with zero attached hydrogens (tertiary/aromatic N) is 6. The van der Waals surface area contributed by atoms with Crippen LogP contribution in [0, 0.1) is 30.2 Å². The molecule has 10 nitrogen and oxygen atoms in total. The number of aromatic carboxylic acids is 1. The van der Waals surface area contributed by atoms with Crippen molar-refractivity contribution >= 4 is 63.2 Å². The second-order valence-electron chi connectivity index (χ2n) is 11.0. The average Bonchev–Trinajstić information content (AvgIpc) is 3.16. The lowest BCUT2D eigenvalue weighted by Gasteiger charge is -2.15. The minimum atomic E-state index is -1.10. The first-order valence-electron chi connectivity index (χ1n) is 16.2. The van der Waals surface area contributed by atoms with E-state index in [0.717, 1.165) is 39.0 Å². The maximum atomic E-state index is 14.5. The molecule has 0 aliphatic carbocycles. The predicted molar refractivity (Wildman–Crippen MR) is 207 cm³/mol. The van der Waals surface area contributed by atoms with E-state index in [-0.39, 0.29) is 27.2 Å². The van der Waals surface area contributed by atoms with Crippen LogP contribution in [0.2, 0.25) is 5.15 Å². The second-order valence-corrected chi connectivity index (χ2v) is 12.9. The molecule has 0 unspecified atom stereocenters. The summed E-state index contributed by atoms with van der Waals surface area (Å²) < 4.78 is 58.9. The number of aryl methyl sites for hydroxylation is 1. The van der Waals surface area contributed by atoms with Gasteiger partial charge in [0.15, 0.2) is 21.6 Å². The molecule has 4 heterocycles. The predicted octanol–water partition coefficient (Wildman–Crippen LogP) is 8.91. The Hall–Kier alpha value is -5.58. The van der Waals surface area contributed by atoms with Crippen LogP contribution in [0.15, 0.2) is 98.8 Å². The second kappa shape index (κ2) is 17.3. The fraction of sp³-hybridized carbons (Fsp3) is 0.132.